The highest BCUT2D eigenvalue weighted by atomic mass is 16.7. The van der Waals surface area contributed by atoms with Gasteiger partial charge in [0.25, 0.3) is 0 Å². The molecule has 0 bridgehead atoms. The van der Waals surface area contributed by atoms with Crippen LogP contribution in [0.4, 0.5) is 4.79 Å². The number of ether oxygens (including phenoxy) is 4. The van der Waals surface area contributed by atoms with Crippen molar-refractivity contribution in [2.45, 2.75) is 45.8 Å². The summed E-state index contributed by atoms with van der Waals surface area (Å²) >= 11 is 0. The quantitative estimate of drug-likeness (QED) is 0.558. The molecule has 132 valence electrons. The van der Waals surface area contributed by atoms with Crippen molar-refractivity contribution in [3.05, 3.63) is 48.0 Å². The minimum atomic E-state index is -0.797. The third-order valence-corrected chi connectivity index (χ3v) is 4.09. The monoisotopic (exact) mass is 342 g/mol. The molecule has 0 spiro atoms. The fourth-order valence-electron chi connectivity index (χ4n) is 2.58. The highest BCUT2D eigenvalue weighted by Gasteiger charge is 2.32. The Bertz CT molecular complexity index is 764. The lowest BCUT2D eigenvalue weighted by Gasteiger charge is -2.16. The summed E-state index contributed by atoms with van der Waals surface area (Å²) in [6.45, 7) is 7.92. The van der Waals surface area contributed by atoms with Crippen molar-refractivity contribution in [2.24, 2.45) is 0 Å². The first-order valence-corrected chi connectivity index (χ1v) is 8.38. The van der Waals surface area contributed by atoms with Crippen LogP contribution >= 0.6 is 0 Å². The van der Waals surface area contributed by atoms with Crippen LogP contribution in [0.5, 0.6) is 23.0 Å². The van der Waals surface area contributed by atoms with Gasteiger partial charge in [0.05, 0.1) is 0 Å². The Kier molecular flexibility index (Phi) is 4.57. The Labute approximate surface area is 147 Å². The number of hydrogen-bond acceptors (Lipinski definition) is 5. The number of hydrogen-bond donors (Lipinski definition) is 0. The fourth-order valence-corrected chi connectivity index (χ4v) is 2.58. The first kappa shape index (κ1) is 17.1. The summed E-state index contributed by atoms with van der Waals surface area (Å²) in [6.07, 6.45) is 0.262. The Morgan fingerprint density at radius 1 is 1.00 bits per heavy atom. The molecule has 25 heavy (non-hydrogen) atoms. The second-order valence-corrected chi connectivity index (χ2v) is 6.54. The van der Waals surface area contributed by atoms with Gasteiger partial charge < -0.3 is 18.9 Å². The van der Waals surface area contributed by atoms with Gasteiger partial charge in [0.15, 0.2) is 11.5 Å². The molecule has 0 saturated heterocycles. The highest BCUT2D eigenvalue weighted by molar-refractivity contribution is 5.67. The van der Waals surface area contributed by atoms with E-state index in [1.807, 2.05) is 26.0 Å². The van der Waals surface area contributed by atoms with Gasteiger partial charge in [-0.05, 0) is 42.2 Å². The van der Waals surface area contributed by atoms with Gasteiger partial charge in [0, 0.05) is 19.9 Å². The SMILES string of the molecule is CCC(C)c1ccc(OC(=O)Oc2ccc3c(c2)OC(C)(C)O3)cc1. The maximum Gasteiger partial charge on any atom is 0.519 e. The summed E-state index contributed by atoms with van der Waals surface area (Å²) in [7, 11) is 0. The molecule has 1 atom stereocenters. The van der Waals surface area contributed by atoms with E-state index >= 15 is 0 Å². The Morgan fingerprint density at radius 3 is 2.28 bits per heavy atom. The lowest BCUT2D eigenvalue weighted by atomic mass is 9.99. The Balaban J connectivity index is 1.62. The van der Waals surface area contributed by atoms with E-state index in [4.69, 9.17) is 18.9 Å². The average Bonchev–Trinajstić information content (AvgIpc) is 2.87. The molecule has 0 fully saturated rings. The predicted octanol–water partition coefficient (Wildman–Crippen LogP) is 5.29. The minimum Gasteiger partial charge on any atom is -0.449 e. The zero-order valence-corrected chi connectivity index (χ0v) is 14.9. The molecule has 0 saturated carbocycles. The van der Waals surface area contributed by atoms with Gasteiger partial charge in [-0.2, -0.15) is 0 Å². The van der Waals surface area contributed by atoms with Crippen LogP contribution in [-0.4, -0.2) is 11.9 Å². The minimum absolute atomic E-state index is 0.335. The molecule has 5 nitrogen and oxygen atoms in total. The lowest BCUT2D eigenvalue weighted by molar-refractivity contribution is -0.0431. The van der Waals surface area contributed by atoms with Gasteiger partial charge in [0.1, 0.15) is 11.5 Å². The van der Waals surface area contributed by atoms with Crippen LogP contribution in [0.1, 0.15) is 45.6 Å². The number of carbonyl (C=O) groups excluding carboxylic acids is 1. The maximum atomic E-state index is 12.0. The predicted molar refractivity (Wildman–Crippen MR) is 93.6 cm³/mol. The summed E-state index contributed by atoms with van der Waals surface area (Å²) in [5.74, 6) is 1.68. The summed E-state index contributed by atoms with van der Waals surface area (Å²) in [6, 6.07) is 12.4. The average molecular weight is 342 g/mol. The third kappa shape index (κ3) is 4.05. The molecule has 1 aliphatic rings. The molecule has 0 aromatic heterocycles. The van der Waals surface area contributed by atoms with Gasteiger partial charge in [0.2, 0.25) is 5.79 Å². The summed E-state index contributed by atoms with van der Waals surface area (Å²) in [4.78, 5) is 12.0. The molecule has 5 heteroatoms. The first-order chi connectivity index (χ1) is 11.9. The normalized spacial score (nSPS) is 15.5. The zero-order chi connectivity index (χ0) is 18.0. The van der Waals surface area contributed by atoms with E-state index in [0.717, 1.165) is 6.42 Å². The maximum absolute atomic E-state index is 12.0. The van der Waals surface area contributed by atoms with E-state index in [2.05, 4.69) is 13.8 Å². The van der Waals surface area contributed by atoms with Crippen LogP contribution in [0.15, 0.2) is 42.5 Å². The second-order valence-electron chi connectivity index (χ2n) is 6.54. The molecule has 2 aromatic rings. The van der Waals surface area contributed by atoms with E-state index < -0.39 is 11.9 Å². The third-order valence-electron chi connectivity index (χ3n) is 4.09. The van der Waals surface area contributed by atoms with Crippen LogP contribution in [0, 0.1) is 0 Å². The number of fused-ring (bicyclic) bond motifs is 1. The molecule has 0 N–H and O–H groups in total. The number of carbonyl (C=O) groups is 1. The Hall–Kier alpha value is -2.69. The van der Waals surface area contributed by atoms with Gasteiger partial charge in [-0.15, -0.1) is 0 Å². The fraction of sp³-hybridized carbons (Fsp3) is 0.350. The van der Waals surface area contributed by atoms with Crippen molar-refractivity contribution in [2.75, 3.05) is 0 Å². The van der Waals surface area contributed by atoms with E-state index in [-0.39, 0.29) is 0 Å². The molecule has 1 unspecified atom stereocenters. The van der Waals surface area contributed by atoms with Crippen molar-refractivity contribution in [1.29, 1.82) is 0 Å². The molecular formula is C20H22O5. The summed E-state index contributed by atoms with van der Waals surface area (Å²) in [5.41, 5.74) is 1.21. The van der Waals surface area contributed by atoms with Crippen LogP contribution in [0.2, 0.25) is 0 Å². The van der Waals surface area contributed by atoms with Gasteiger partial charge in [-0.3, -0.25) is 0 Å². The van der Waals surface area contributed by atoms with Crippen LogP contribution in [0.3, 0.4) is 0 Å². The summed E-state index contributed by atoms with van der Waals surface area (Å²) in [5, 5.41) is 0. The molecule has 3 rings (SSSR count). The van der Waals surface area contributed by atoms with Gasteiger partial charge in [-0.25, -0.2) is 4.79 Å². The van der Waals surface area contributed by atoms with E-state index in [1.165, 1.54) is 5.56 Å². The smallest absolute Gasteiger partial charge is 0.449 e. The van der Waals surface area contributed by atoms with Gasteiger partial charge >= 0.3 is 6.16 Å². The van der Waals surface area contributed by atoms with Crippen molar-refractivity contribution in [3.63, 3.8) is 0 Å². The van der Waals surface area contributed by atoms with Crippen molar-refractivity contribution < 1.29 is 23.7 Å². The molecule has 2 aromatic carbocycles. The van der Waals surface area contributed by atoms with Crippen molar-refractivity contribution >= 4 is 6.16 Å². The topological polar surface area (TPSA) is 54.0 Å². The highest BCUT2D eigenvalue weighted by Crippen LogP contribution is 2.41. The Morgan fingerprint density at radius 2 is 1.60 bits per heavy atom. The zero-order valence-electron chi connectivity index (χ0n) is 14.9. The molecule has 1 aliphatic heterocycles. The summed E-state index contributed by atoms with van der Waals surface area (Å²) < 4.78 is 21.6. The lowest BCUT2D eigenvalue weighted by Crippen LogP contribution is -2.29. The molecule has 0 radical (unpaired) electrons. The van der Waals surface area contributed by atoms with Crippen LogP contribution in [-0.2, 0) is 0 Å². The first-order valence-electron chi connectivity index (χ1n) is 8.38. The van der Waals surface area contributed by atoms with Crippen molar-refractivity contribution in [3.8, 4) is 23.0 Å². The van der Waals surface area contributed by atoms with Crippen molar-refractivity contribution in [1.82, 2.24) is 0 Å². The van der Waals surface area contributed by atoms with Crippen LogP contribution < -0.4 is 18.9 Å². The molecule has 0 amide bonds. The number of benzene rings is 2. The molecule has 0 aliphatic carbocycles. The standard InChI is InChI=1S/C20H22O5/c1-5-13(2)14-6-8-15(9-7-14)22-19(21)23-16-10-11-17-18(12-16)25-20(3,4)24-17/h6-13H,5H2,1-4H3. The second kappa shape index (κ2) is 6.67. The van der Waals surface area contributed by atoms with E-state index in [0.29, 0.717) is 28.9 Å². The van der Waals surface area contributed by atoms with E-state index in [9.17, 15) is 4.79 Å². The molecular weight excluding hydrogens is 320 g/mol. The largest absolute Gasteiger partial charge is 0.519 e. The van der Waals surface area contributed by atoms with E-state index in [1.54, 1.807) is 30.3 Å². The van der Waals surface area contributed by atoms with Crippen LogP contribution in [0.25, 0.3) is 0 Å². The van der Waals surface area contributed by atoms with Gasteiger partial charge in [-0.1, -0.05) is 26.0 Å². The number of rotatable bonds is 4. The molecule has 1 heterocycles.